The first-order valence-corrected chi connectivity index (χ1v) is 8.90. The number of aryl methyl sites for hydroxylation is 1. The molecule has 1 aromatic heterocycles. The number of carbonyl (C=O) groups excluding carboxylic acids is 2. The fraction of sp³-hybridized carbons (Fsp3) is 0.500. The first-order chi connectivity index (χ1) is 12.4. The lowest BCUT2D eigenvalue weighted by atomic mass is 9.88. The van der Waals surface area contributed by atoms with Crippen molar-refractivity contribution in [1.82, 2.24) is 20.0 Å². The van der Waals surface area contributed by atoms with E-state index in [0.29, 0.717) is 11.2 Å². The molecule has 2 aliphatic rings. The van der Waals surface area contributed by atoms with Gasteiger partial charge in [-0.3, -0.25) is 19.7 Å². The van der Waals surface area contributed by atoms with Crippen molar-refractivity contribution in [1.29, 1.82) is 0 Å². The monoisotopic (exact) mass is 359 g/mol. The number of nitrogens with one attached hydrogen (secondary N) is 1. The predicted molar refractivity (Wildman–Crippen MR) is 95.6 cm³/mol. The Kier molecular flexibility index (Phi) is 4.14. The summed E-state index contributed by atoms with van der Waals surface area (Å²) in [4.78, 5) is 27.2. The van der Waals surface area contributed by atoms with Crippen LogP contribution in [0.2, 0.25) is 0 Å². The summed E-state index contributed by atoms with van der Waals surface area (Å²) in [6, 6.07) is 2.83. The van der Waals surface area contributed by atoms with E-state index in [1.54, 1.807) is 11.7 Å². The molecule has 0 unspecified atom stereocenters. The van der Waals surface area contributed by atoms with Crippen molar-refractivity contribution >= 4 is 28.7 Å². The van der Waals surface area contributed by atoms with E-state index >= 15 is 0 Å². The van der Waals surface area contributed by atoms with Crippen molar-refractivity contribution in [3.63, 3.8) is 0 Å². The normalized spacial score (nSPS) is 20.0. The second kappa shape index (κ2) is 6.35. The molecule has 8 heteroatoms. The molecule has 2 aromatic rings. The summed E-state index contributed by atoms with van der Waals surface area (Å²) in [6.45, 7) is 2.16. The molecular formula is C18H22FN5O2. The van der Waals surface area contributed by atoms with E-state index in [9.17, 15) is 14.0 Å². The lowest BCUT2D eigenvalue weighted by molar-refractivity contribution is -0.120. The van der Waals surface area contributed by atoms with Crippen LogP contribution in [0.1, 0.15) is 30.7 Å². The smallest absolute Gasteiger partial charge is 0.306 e. The van der Waals surface area contributed by atoms with Gasteiger partial charge < -0.3 is 4.90 Å². The molecule has 4 rings (SSSR count). The number of imide groups is 1. The van der Waals surface area contributed by atoms with Crippen LogP contribution in [0.15, 0.2) is 12.1 Å². The van der Waals surface area contributed by atoms with E-state index in [4.69, 9.17) is 0 Å². The molecule has 2 aliphatic heterocycles. The first kappa shape index (κ1) is 17.0. The molecule has 0 spiro atoms. The number of nitrogens with zero attached hydrogens (tertiary/aromatic N) is 4. The molecular weight excluding hydrogens is 337 g/mol. The van der Waals surface area contributed by atoms with Crippen LogP contribution < -0.4 is 10.2 Å². The number of anilines is 1. The number of benzene rings is 1. The SMILES string of the molecule is CN1CCC(c2cc3c(cc2F)c(N2CCC(=O)NC2=O)nn3C)CC1. The number of carbonyl (C=O) groups is 2. The third kappa shape index (κ3) is 2.84. The maximum atomic E-state index is 14.9. The molecule has 1 aromatic carbocycles. The van der Waals surface area contributed by atoms with Crippen molar-refractivity contribution < 1.29 is 14.0 Å². The van der Waals surface area contributed by atoms with Gasteiger partial charge in [0.05, 0.1) is 5.52 Å². The van der Waals surface area contributed by atoms with Crippen molar-refractivity contribution in [3.05, 3.63) is 23.5 Å². The number of rotatable bonds is 2. The Labute approximate surface area is 150 Å². The standard InChI is InChI=1S/C18H22FN5O2/c1-22-6-3-11(4-7-22)12-10-15-13(9-14(12)19)17(21-23(15)2)24-8-5-16(25)20-18(24)26/h9-11H,3-8H2,1-2H3,(H,20,25,26). The maximum absolute atomic E-state index is 14.9. The number of urea groups is 1. The van der Waals surface area contributed by atoms with Crippen LogP contribution in [-0.4, -0.2) is 53.3 Å². The Bertz CT molecular complexity index is 885. The lowest BCUT2D eigenvalue weighted by Crippen LogP contribution is -2.49. The average Bonchev–Trinajstić information content (AvgIpc) is 2.91. The van der Waals surface area contributed by atoms with Crippen LogP contribution in [0, 0.1) is 5.82 Å². The number of likely N-dealkylation sites (tertiary alicyclic amines) is 1. The zero-order valence-electron chi connectivity index (χ0n) is 15.0. The molecule has 2 saturated heterocycles. The second-order valence-corrected chi connectivity index (χ2v) is 7.17. The number of amides is 3. The Morgan fingerprint density at radius 1 is 1.15 bits per heavy atom. The minimum atomic E-state index is -0.513. The maximum Gasteiger partial charge on any atom is 0.329 e. The highest BCUT2D eigenvalue weighted by atomic mass is 19.1. The zero-order chi connectivity index (χ0) is 18.4. The number of aromatic nitrogens is 2. The van der Waals surface area contributed by atoms with Gasteiger partial charge in [0, 0.05) is 25.4 Å². The van der Waals surface area contributed by atoms with Crippen molar-refractivity contribution in [2.24, 2.45) is 7.05 Å². The molecule has 26 heavy (non-hydrogen) atoms. The average molecular weight is 359 g/mol. The third-order valence-corrected chi connectivity index (χ3v) is 5.42. The van der Waals surface area contributed by atoms with E-state index in [1.165, 1.54) is 11.0 Å². The summed E-state index contributed by atoms with van der Waals surface area (Å²) in [5.74, 6) is 0.0307. The zero-order valence-corrected chi connectivity index (χ0v) is 15.0. The van der Waals surface area contributed by atoms with Gasteiger partial charge in [-0.1, -0.05) is 0 Å². The van der Waals surface area contributed by atoms with E-state index in [1.807, 2.05) is 6.07 Å². The molecule has 3 amide bonds. The summed E-state index contributed by atoms with van der Waals surface area (Å²) in [6.07, 6.45) is 2.07. The highest BCUT2D eigenvalue weighted by Crippen LogP contribution is 2.35. The Morgan fingerprint density at radius 3 is 2.58 bits per heavy atom. The third-order valence-electron chi connectivity index (χ3n) is 5.42. The Hall–Kier alpha value is -2.48. The number of hydrogen-bond acceptors (Lipinski definition) is 4. The van der Waals surface area contributed by atoms with Gasteiger partial charge in [-0.25, -0.2) is 9.18 Å². The van der Waals surface area contributed by atoms with Crippen molar-refractivity contribution in [2.45, 2.75) is 25.2 Å². The highest BCUT2D eigenvalue weighted by Gasteiger charge is 2.29. The van der Waals surface area contributed by atoms with Gasteiger partial charge in [0.2, 0.25) is 5.91 Å². The molecule has 0 saturated carbocycles. The van der Waals surface area contributed by atoms with Gasteiger partial charge in [-0.15, -0.1) is 0 Å². The molecule has 138 valence electrons. The Morgan fingerprint density at radius 2 is 1.88 bits per heavy atom. The molecule has 0 radical (unpaired) electrons. The van der Waals surface area contributed by atoms with E-state index in [-0.39, 0.29) is 30.6 Å². The Balaban J connectivity index is 1.73. The van der Waals surface area contributed by atoms with Crippen molar-refractivity contribution in [2.75, 3.05) is 31.6 Å². The quantitative estimate of drug-likeness (QED) is 0.890. The van der Waals surface area contributed by atoms with Crippen LogP contribution in [0.4, 0.5) is 15.0 Å². The molecule has 2 fully saturated rings. The first-order valence-electron chi connectivity index (χ1n) is 8.90. The lowest BCUT2D eigenvalue weighted by Gasteiger charge is -2.29. The van der Waals surface area contributed by atoms with Crippen molar-refractivity contribution in [3.8, 4) is 0 Å². The molecule has 0 aliphatic carbocycles. The highest BCUT2D eigenvalue weighted by molar-refractivity contribution is 6.08. The largest absolute Gasteiger partial charge is 0.329 e. The number of piperidine rings is 1. The summed E-state index contributed by atoms with van der Waals surface area (Å²) in [5, 5.41) is 7.30. The van der Waals surface area contributed by atoms with Crippen LogP contribution in [0.5, 0.6) is 0 Å². The van der Waals surface area contributed by atoms with E-state index < -0.39 is 6.03 Å². The second-order valence-electron chi connectivity index (χ2n) is 7.17. The molecule has 0 bridgehead atoms. The van der Waals surface area contributed by atoms with E-state index in [0.717, 1.165) is 37.0 Å². The van der Waals surface area contributed by atoms with Gasteiger partial charge in [0.25, 0.3) is 0 Å². The number of fused-ring (bicyclic) bond motifs is 1. The predicted octanol–water partition coefficient (Wildman–Crippen LogP) is 1.97. The van der Waals surface area contributed by atoms with Crippen LogP contribution in [0.3, 0.4) is 0 Å². The fourth-order valence-corrected chi connectivity index (χ4v) is 3.87. The van der Waals surface area contributed by atoms with Crippen LogP contribution in [-0.2, 0) is 11.8 Å². The topological polar surface area (TPSA) is 70.5 Å². The van der Waals surface area contributed by atoms with Gasteiger partial charge >= 0.3 is 6.03 Å². The minimum Gasteiger partial charge on any atom is -0.306 e. The molecule has 7 nitrogen and oxygen atoms in total. The van der Waals surface area contributed by atoms with Gasteiger partial charge in [-0.2, -0.15) is 5.10 Å². The molecule has 3 heterocycles. The summed E-state index contributed by atoms with van der Waals surface area (Å²) < 4.78 is 16.6. The van der Waals surface area contributed by atoms with Gasteiger partial charge in [0.15, 0.2) is 5.82 Å². The number of halogens is 1. The van der Waals surface area contributed by atoms with Gasteiger partial charge in [0.1, 0.15) is 5.82 Å². The molecule has 1 N–H and O–H groups in total. The summed E-state index contributed by atoms with van der Waals surface area (Å²) in [7, 11) is 3.87. The summed E-state index contributed by atoms with van der Waals surface area (Å²) in [5.41, 5.74) is 1.51. The van der Waals surface area contributed by atoms with E-state index in [2.05, 4.69) is 22.4 Å². The van der Waals surface area contributed by atoms with Crippen LogP contribution in [0.25, 0.3) is 10.9 Å². The summed E-state index contributed by atoms with van der Waals surface area (Å²) >= 11 is 0. The minimum absolute atomic E-state index is 0.199. The number of hydrogen-bond donors (Lipinski definition) is 1. The fourth-order valence-electron chi connectivity index (χ4n) is 3.87. The van der Waals surface area contributed by atoms with Gasteiger partial charge in [-0.05, 0) is 56.6 Å². The molecule has 0 atom stereocenters. The van der Waals surface area contributed by atoms with Crippen LogP contribution >= 0.6 is 0 Å².